The summed E-state index contributed by atoms with van der Waals surface area (Å²) in [4.78, 5) is 0. The highest BCUT2D eigenvalue weighted by atomic mass is 35.5. The molecule has 0 aliphatic rings. The molecule has 0 unspecified atom stereocenters. The molecular weight excluding hydrogens is 244 g/mol. The molecule has 0 atom stereocenters. The average Bonchev–Trinajstić information content (AvgIpc) is 2.34. The SMILES string of the molecule is CC(C)c1ccccc1Nc1cc(Cl)ccc1N. The van der Waals surface area contributed by atoms with Crippen LogP contribution in [0.5, 0.6) is 0 Å². The van der Waals surface area contributed by atoms with Crippen LogP contribution < -0.4 is 11.1 Å². The maximum absolute atomic E-state index is 5.99. The van der Waals surface area contributed by atoms with E-state index in [-0.39, 0.29) is 0 Å². The molecule has 0 aliphatic carbocycles. The second-order valence-electron chi connectivity index (χ2n) is 4.60. The molecule has 2 aromatic carbocycles. The van der Waals surface area contributed by atoms with E-state index >= 15 is 0 Å². The quantitative estimate of drug-likeness (QED) is 0.779. The fourth-order valence-corrected chi connectivity index (χ4v) is 2.07. The normalized spacial score (nSPS) is 10.7. The van der Waals surface area contributed by atoms with Crippen LogP contribution >= 0.6 is 11.6 Å². The van der Waals surface area contributed by atoms with Gasteiger partial charge in [-0.05, 0) is 35.7 Å². The Kier molecular flexibility index (Phi) is 3.78. The third-order valence-corrected chi connectivity index (χ3v) is 3.10. The van der Waals surface area contributed by atoms with Crippen molar-refractivity contribution in [1.29, 1.82) is 0 Å². The second kappa shape index (κ2) is 5.32. The van der Waals surface area contributed by atoms with Crippen LogP contribution in [0.3, 0.4) is 0 Å². The molecule has 0 saturated heterocycles. The minimum Gasteiger partial charge on any atom is -0.397 e. The predicted molar refractivity (Wildman–Crippen MR) is 79.7 cm³/mol. The largest absolute Gasteiger partial charge is 0.397 e. The van der Waals surface area contributed by atoms with E-state index in [2.05, 4.69) is 31.3 Å². The molecule has 94 valence electrons. The lowest BCUT2D eigenvalue weighted by atomic mass is 10.0. The third-order valence-electron chi connectivity index (χ3n) is 2.87. The van der Waals surface area contributed by atoms with Gasteiger partial charge in [-0.15, -0.1) is 0 Å². The Bertz CT molecular complexity index is 550. The van der Waals surface area contributed by atoms with Crippen LogP contribution in [0.2, 0.25) is 5.02 Å². The molecule has 0 heterocycles. The van der Waals surface area contributed by atoms with E-state index in [4.69, 9.17) is 17.3 Å². The minimum atomic E-state index is 0.453. The van der Waals surface area contributed by atoms with Crippen LogP contribution in [0, 0.1) is 0 Å². The number of nitrogens with two attached hydrogens (primary N) is 1. The molecule has 0 amide bonds. The lowest BCUT2D eigenvalue weighted by Gasteiger charge is -2.16. The van der Waals surface area contributed by atoms with Crippen molar-refractivity contribution in [3.63, 3.8) is 0 Å². The van der Waals surface area contributed by atoms with Crippen LogP contribution in [-0.2, 0) is 0 Å². The zero-order chi connectivity index (χ0) is 13.1. The monoisotopic (exact) mass is 260 g/mol. The van der Waals surface area contributed by atoms with Gasteiger partial charge >= 0.3 is 0 Å². The summed E-state index contributed by atoms with van der Waals surface area (Å²) >= 11 is 5.99. The number of hydrogen-bond donors (Lipinski definition) is 2. The lowest BCUT2D eigenvalue weighted by Crippen LogP contribution is -2.00. The van der Waals surface area contributed by atoms with Gasteiger partial charge in [0.05, 0.1) is 11.4 Å². The van der Waals surface area contributed by atoms with Crippen molar-refractivity contribution in [3.8, 4) is 0 Å². The van der Waals surface area contributed by atoms with Crippen molar-refractivity contribution in [2.45, 2.75) is 19.8 Å². The number of halogens is 1. The Morgan fingerprint density at radius 3 is 2.50 bits per heavy atom. The van der Waals surface area contributed by atoms with E-state index in [0.717, 1.165) is 11.4 Å². The number of nitrogen functional groups attached to an aromatic ring is 1. The number of nitrogens with one attached hydrogen (secondary N) is 1. The van der Waals surface area contributed by atoms with Gasteiger partial charge in [0.25, 0.3) is 0 Å². The molecule has 3 heteroatoms. The highest BCUT2D eigenvalue weighted by molar-refractivity contribution is 6.31. The topological polar surface area (TPSA) is 38.0 Å². The zero-order valence-corrected chi connectivity index (χ0v) is 11.3. The van der Waals surface area contributed by atoms with Crippen molar-refractivity contribution in [3.05, 3.63) is 53.1 Å². The van der Waals surface area contributed by atoms with E-state index in [1.807, 2.05) is 24.3 Å². The van der Waals surface area contributed by atoms with Crippen molar-refractivity contribution < 1.29 is 0 Å². The molecular formula is C15H17ClN2. The van der Waals surface area contributed by atoms with Crippen LogP contribution in [0.1, 0.15) is 25.3 Å². The Labute approximate surface area is 113 Å². The number of hydrogen-bond acceptors (Lipinski definition) is 2. The summed E-state index contributed by atoms with van der Waals surface area (Å²) in [6.45, 7) is 4.34. The molecule has 2 nitrogen and oxygen atoms in total. The standard InChI is InChI=1S/C15H17ClN2/c1-10(2)12-5-3-4-6-14(12)18-15-9-11(16)7-8-13(15)17/h3-10,18H,17H2,1-2H3. The molecule has 18 heavy (non-hydrogen) atoms. The van der Waals surface area contributed by atoms with E-state index in [1.165, 1.54) is 5.56 Å². The first-order valence-electron chi connectivity index (χ1n) is 5.99. The van der Waals surface area contributed by atoms with E-state index in [1.54, 1.807) is 6.07 Å². The summed E-state index contributed by atoms with van der Waals surface area (Å²) in [6.07, 6.45) is 0. The molecule has 0 bridgehead atoms. The lowest BCUT2D eigenvalue weighted by molar-refractivity contribution is 0.869. The number of para-hydroxylation sites is 1. The van der Waals surface area contributed by atoms with Gasteiger partial charge in [0.1, 0.15) is 0 Å². The zero-order valence-electron chi connectivity index (χ0n) is 10.6. The second-order valence-corrected chi connectivity index (χ2v) is 5.03. The fraction of sp³-hybridized carbons (Fsp3) is 0.200. The summed E-state index contributed by atoms with van der Waals surface area (Å²) < 4.78 is 0. The fourth-order valence-electron chi connectivity index (χ4n) is 1.90. The number of anilines is 3. The van der Waals surface area contributed by atoms with Gasteiger partial charge in [0, 0.05) is 10.7 Å². The minimum absolute atomic E-state index is 0.453. The van der Waals surface area contributed by atoms with Gasteiger partial charge in [0.2, 0.25) is 0 Å². The molecule has 0 spiro atoms. The van der Waals surface area contributed by atoms with Gasteiger partial charge in [0.15, 0.2) is 0 Å². The first-order valence-corrected chi connectivity index (χ1v) is 6.36. The summed E-state index contributed by atoms with van der Waals surface area (Å²) in [5.41, 5.74) is 9.81. The van der Waals surface area contributed by atoms with Crippen molar-refractivity contribution in [2.24, 2.45) is 0 Å². The molecule has 0 aliphatic heterocycles. The predicted octanol–water partition coefficient (Wildman–Crippen LogP) is 4.79. The van der Waals surface area contributed by atoms with E-state index < -0.39 is 0 Å². The van der Waals surface area contributed by atoms with Crippen LogP contribution in [0.15, 0.2) is 42.5 Å². The molecule has 2 rings (SSSR count). The maximum Gasteiger partial charge on any atom is 0.0632 e. The van der Waals surface area contributed by atoms with Crippen LogP contribution in [0.4, 0.5) is 17.1 Å². The van der Waals surface area contributed by atoms with Crippen LogP contribution in [-0.4, -0.2) is 0 Å². The summed E-state index contributed by atoms with van der Waals surface area (Å²) in [6, 6.07) is 13.7. The molecule has 3 N–H and O–H groups in total. The van der Waals surface area contributed by atoms with E-state index in [9.17, 15) is 0 Å². The first-order chi connectivity index (χ1) is 8.58. The molecule has 0 fully saturated rings. The number of benzene rings is 2. The van der Waals surface area contributed by atoms with Crippen molar-refractivity contribution >= 4 is 28.7 Å². The first kappa shape index (κ1) is 12.8. The Morgan fingerprint density at radius 1 is 1.06 bits per heavy atom. The Hall–Kier alpha value is -1.67. The van der Waals surface area contributed by atoms with E-state index in [0.29, 0.717) is 16.6 Å². The Balaban J connectivity index is 2.37. The van der Waals surface area contributed by atoms with Crippen molar-refractivity contribution in [2.75, 3.05) is 11.1 Å². The number of rotatable bonds is 3. The summed E-state index contributed by atoms with van der Waals surface area (Å²) in [7, 11) is 0. The third kappa shape index (κ3) is 2.77. The highest BCUT2D eigenvalue weighted by Gasteiger charge is 2.07. The van der Waals surface area contributed by atoms with Crippen LogP contribution in [0.25, 0.3) is 0 Å². The molecule has 0 radical (unpaired) electrons. The van der Waals surface area contributed by atoms with Gasteiger partial charge in [-0.3, -0.25) is 0 Å². The summed E-state index contributed by atoms with van der Waals surface area (Å²) in [5, 5.41) is 4.03. The molecule has 0 aromatic heterocycles. The van der Waals surface area contributed by atoms with Gasteiger partial charge in [-0.1, -0.05) is 43.6 Å². The maximum atomic E-state index is 5.99. The van der Waals surface area contributed by atoms with Crippen molar-refractivity contribution in [1.82, 2.24) is 0 Å². The highest BCUT2D eigenvalue weighted by Crippen LogP contribution is 2.30. The van der Waals surface area contributed by atoms with Gasteiger partial charge in [-0.25, -0.2) is 0 Å². The Morgan fingerprint density at radius 2 is 1.78 bits per heavy atom. The van der Waals surface area contributed by atoms with Gasteiger partial charge in [-0.2, -0.15) is 0 Å². The molecule has 2 aromatic rings. The summed E-state index contributed by atoms with van der Waals surface area (Å²) in [5.74, 6) is 0.453. The average molecular weight is 261 g/mol. The van der Waals surface area contributed by atoms with Gasteiger partial charge < -0.3 is 11.1 Å². The smallest absolute Gasteiger partial charge is 0.0632 e. The molecule has 0 saturated carbocycles.